The number of hydrogen-bond acceptors (Lipinski definition) is 5. The van der Waals surface area contributed by atoms with Crippen LogP contribution in [0.2, 0.25) is 4.34 Å². The van der Waals surface area contributed by atoms with Crippen LogP contribution in [0, 0.1) is 6.92 Å². The molecule has 3 rings (SSSR count). The smallest absolute Gasteiger partial charge is 0.421 e. The van der Waals surface area contributed by atoms with E-state index in [1.165, 1.54) is 24.5 Å². The number of alkyl halides is 3. The second-order valence-corrected chi connectivity index (χ2v) is 6.44. The van der Waals surface area contributed by atoms with Gasteiger partial charge in [0.25, 0.3) is 0 Å². The second-order valence-electron chi connectivity index (χ2n) is 4.90. The van der Waals surface area contributed by atoms with E-state index in [2.05, 4.69) is 15.1 Å². The molecule has 5 nitrogen and oxygen atoms in total. The first-order chi connectivity index (χ1) is 11.2. The first-order valence-electron chi connectivity index (χ1n) is 6.61. The minimum Gasteiger partial charge on any atom is -0.421 e. The lowest BCUT2D eigenvalue weighted by Crippen LogP contribution is -2.06. The topological polar surface area (TPSA) is 52.8 Å². The highest BCUT2D eigenvalue weighted by Crippen LogP contribution is 2.32. The van der Waals surface area contributed by atoms with E-state index in [4.69, 9.17) is 16.3 Å². The van der Waals surface area contributed by atoms with Gasteiger partial charge >= 0.3 is 6.18 Å². The maximum atomic E-state index is 12.7. The van der Waals surface area contributed by atoms with Gasteiger partial charge in [-0.25, -0.2) is 9.67 Å². The standard InChI is InChI=1S/C14H10ClF3N4OS/c1-7-3-11(20-13(19-7)8-4-10(15)24-6-8)23-12-5-9(14(16,17)18)21-22(12)2/h3-6H,1-2H3. The zero-order valence-corrected chi connectivity index (χ0v) is 14.0. The van der Waals surface area contributed by atoms with E-state index >= 15 is 0 Å². The first-order valence-corrected chi connectivity index (χ1v) is 7.87. The zero-order chi connectivity index (χ0) is 17.5. The summed E-state index contributed by atoms with van der Waals surface area (Å²) in [5, 5.41) is 5.18. The van der Waals surface area contributed by atoms with Gasteiger partial charge in [0.05, 0.1) is 4.34 Å². The van der Waals surface area contributed by atoms with Gasteiger partial charge in [-0.1, -0.05) is 11.6 Å². The molecule has 0 aliphatic carbocycles. The molecule has 0 spiro atoms. The molecule has 126 valence electrons. The minimum absolute atomic E-state index is 0.0743. The van der Waals surface area contributed by atoms with E-state index in [9.17, 15) is 13.2 Å². The monoisotopic (exact) mass is 374 g/mol. The SMILES string of the molecule is Cc1cc(Oc2cc(C(F)(F)F)nn2C)nc(-c2csc(Cl)c2)n1. The van der Waals surface area contributed by atoms with Gasteiger partial charge in [-0.3, -0.25) is 0 Å². The van der Waals surface area contributed by atoms with Crippen molar-refractivity contribution in [2.24, 2.45) is 7.05 Å². The lowest BCUT2D eigenvalue weighted by Gasteiger charge is -2.06. The predicted molar refractivity (Wildman–Crippen MR) is 83.4 cm³/mol. The molecule has 0 unspecified atom stereocenters. The average molecular weight is 375 g/mol. The Morgan fingerprint density at radius 2 is 1.96 bits per heavy atom. The van der Waals surface area contributed by atoms with Crippen LogP contribution in [-0.2, 0) is 13.2 Å². The van der Waals surface area contributed by atoms with Gasteiger partial charge in [0.15, 0.2) is 11.5 Å². The number of aromatic nitrogens is 4. The summed E-state index contributed by atoms with van der Waals surface area (Å²) in [4.78, 5) is 8.50. The summed E-state index contributed by atoms with van der Waals surface area (Å²) in [6.07, 6.45) is -4.54. The molecule has 3 heterocycles. The molecule has 24 heavy (non-hydrogen) atoms. The van der Waals surface area contributed by atoms with Gasteiger partial charge in [-0.2, -0.15) is 23.3 Å². The van der Waals surface area contributed by atoms with Crippen LogP contribution < -0.4 is 4.74 Å². The zero-order valence-electron chi connectivity index (χ0n) is 12.4. The number of nitrogens with zero attached hydrogens (tertiary/aromatic N) is 4. The Labute approximate surface area is 143 Å². The van der Waals surface area contributed by atoms with Crippen molar-refractivity contribution in [2.45, 2.75) is 13.1 Å². The molecule has 0 fully saturated rings. The van der Waals surface area contributed by atoms with Crippen molar-refractivity contribution >= 4 is 22.9 Å². The number of aryl methyl sites for hydroxylation is 2. The maximum absolute atomic E-state index is 12.7. The highest BCUT2D eigenvalue weighted by molar-refractivity contribution is 7.14. The fraction of sp³-hybridized carbons (Fsp3) is 0.214. The Kier molecular flexibility index (Phi) is 4.22. The maximum Gasteiger partial charge on any atom is 0.435 e. The fourth-order valence-electron chi connectivity index (χ4n) is 1.94. The summed E-state index contributed by atoms with van der Waals surface area (Å²) >= 11 is 7.23. The third-order valence-electron chi connectivity index (χ3n) is 2.99. The predicted octanol–water partition coefficient (Wildman–Crippen LogP) is 4.71. The van der Waals surface area contributed by atoms with E-state index in [0.717, 1.165) is 10.7 Å². The van der Waals surface area contributed by atoms with Crippen molar-refractivity contribution in [3.63, 3.8) is 0 Å². The largest absolute Gasteiger partial charge is 0.435 e. The summed E-state index contributed by atoms with van der Waals surface area (Å²) in [5.74, 6) is 0.428. The van der Waals surface area contributed by atoms with Gasteiger partial charge in [0, 0.05) is 35.8 Å². The molecule has 0 amide bonds. The van der Waals surface area contributed by atoms with E-state index in [-0.39, 0.29) is 11.8 Å². The van der Waals surface area contributed by atoms with Gasteiger partial charge in [-0.15, -0.1) is 11.3 Å². The second kappa shape index (κ2) is 6.06. The molecule has 0 aliphatic rings. The Morgan fingerprint density at radius 3 is 2.54 bits per heavy atom. The normalized spacial score (nSPS) is 11.8. The van der Waals surface area contributed by atoms with E-state index in [1.807, 2.05) is 0 Å². The van der Waals surface area contributed by atoms with E-state index in [1.54, 1.807) is 18.4 Å². The summed E-state index contributed by atoms with van der Waals surface area (Å²) in [6.45, 7) is 1.73. The summed E-state index contributed by atoms with van der Waals surface area (Å²) in [7, 11) is 1.36. The van der Waals surface area contributed by atoms with Crippen molar-refractivity contribution in [2.75, 3.05) is 0 Å². The third kappa shape index (κ3) is 3.51. The van der Waals surface area contributed by atoms with Gasteiger partial charge in [0.2, 0.25) is 11.8 Å². The van der Waals surface area contributed by atoms with Crippen LogP contribution in [0.15, 0.2) is 23.6 Å². The number of rotatable bonds is 3. The number of ether oxygens (including phenoxy) is 1. The number of hydrogen-bond donors (Lipinski definition) is 0. The van der Waals surface area contributed by atoms with Gasteiger partial charge < -0.3 is 4.74 Å². The first kappa shape index (κ1) is 16.7. The Bertz CT molecular complexity index is 891. The van der Waals surface area contributed by atoms with Gasteiger partial charge in [0.1, 0.15) is 0 Å². The van der Waals surface area contributed by atoms with Crippen LogP contribution in [0.4, 0.5) is 13.2 Å². The molecular weight excluding hydrogens is 365 g/mol. The van der Waals surface area contributed by atoms with Crippen LogP contribution in [0.25, 0.3) is 11.4 Å². The molecule has 0 bridgehead atoms. The van der Waals surface area contributed by atoms with Crippen LogP contribution in [0.1, 0.15) is 11.4 Å². The summed E-state index contributed by atoms with van der Waals surface area (Å²) < 4.78 is 45.1. The molecule has 0 aliphatic heterocycles. The van der Waals surface area contributed by atoms with Crippen molar-refractivity contribution in [3.8, 4) is 23.1 Å². The number of halogens is 4. The Morgan fingerprint density at radius 1 is 1.21 bits per heavy atom. The Balaban J connectivity index is 1.93. The van der Waals surface area contributed by atoms with Crippen molar-refractivity contribution in [1.82, 2.24) is 19.7 Å². The lowest BCUT2D eigenvalue weighted by molar-refractivity contribution is -0.141. The van der Waals surface area contributed by atoms with E-state index in [0.29, 0.717) is 21.4 Å². The average Bonchev–Trinajstić information content (AvgIpc) is 3.05. The molecule has 0 N–H and O–H groups in total. The highest BCUT2D eigenvalue weighted by Gasteiger charge is 2.35. The molecule has 0 radical (unpaired) electrons. The Hall–Kier alpha value is -2.13. The van der Waals surface area contributed by atoms with E-state index < -0.39 is 11.9 Å². The molecule has 0 saturated carbocycles. The molecular formula is C14H10ClF3N4OS. The lowest BCUT2D eigenvalue weighted by atomic mass is 10.3. The van der Waals surface area contributed by atoms with Crippen molar-refractivity contribution in [1.29, 1.82) is 0 Å². The number of thiophene rings is 1. The molecule has 0 saturated heterocycles. The third-order valence-corrected chi connectivity index (χ3v) is 4.08. The minimum atomic E-state index is -4.54. The van der Waals surface area contributed by atoms with Crippen LogP contribution in [0.5, 0.6) is 11.8 Å². The quantitative estimate of drug-likeness (QED) is 0.666. The fourth-order valence-corrected chi connectivity index (χ4v) is 2.80. The molecule has 3 aromatic heterocycles. The van der Waals surface area contributed by atoms with Crippen molar-refractivity contribution in [3.05, 3.63) is 39.3 Å². The van der Waals surface area contributed by atoms with Crippen LogP contribution in [-0.4, -0.2) is 19.7 Å². The summed E-state index contributed by atoms with van der Waals surface area (Å²) in [6, 6.07) is 4.05. The summed E-state index contributed by atoms with van der Waals surface area (Å²) in [5.41, 5.74) is 0.283. The van der Waals surface area contributed by atoms with Crippen LogP contribution in [0.3, 0.4) is 0 Å². The van der Waals surface area contributed by atoms with Crippen molar-refractivity contribution < 1.29 is 17.9 Å². The molecule has 0 aromatic carbocycles. The highest BCUT2D eigenvalue weighted by atomic mass is 35.5. The molecule has 10 heteroatoms. The van der Waals surface area contributed by atoms with Gasteiger partial charge in [-0.05, 0) is 13.0 Å². The van der Waals surface area contributed by atoms with Crippen LogP contribution >= 0.6 is 22.9 Å². The molecule has 3 aromatic rings. The molecule has 0 atom stereocenters.